The number of alkyl halides is 1. The van der Waals surface area contributed by atoms with Gasteiger partial charge in [-0.05, 0) is 5.57 Å². The average Bonchev–Trinajstić information content (AvgIpc) is 1.83. The zero-order valence-corrected chi connectivity index (χ0v) is 5.65. The van der Waals surface area contributed by atoms with Gasteiger partial charge in [0.25, 0.3) is 0 Å². The Morgan fingerprint density at radius 2 is 2.44 bits per heavy atom. The average molecular weight is 129 g/mol. The summed E-state index contributed by atoms with van der Waals surface area (Å²) in [5, 5.41) is 3.08. The van der Waals surface area contributed by atoms with Crippen LogP contribution >= 0.6 is 0 Å². The molecule has 2 unspecified atom stereocenters. The molecule has 0 aromatic heterocycles. The van der Waals surface area contributed by atoms with E-state index in [0.717, 1.165) is 6.54 Å². The number of piperidine rings is 1. The fraction of sp³-hybridized carbons (Fsp3) is 0.714. The van der Waals surface area contributed by atoms with Gasteiger partial charge in [0.2, 0.25) is 0 Å². The van der Waals surface area contributed by atoms with Gasteiger partial charge in [0.05, 0.1) is 0 Å². The van der Waals surface area contributed by atoms with Gasteiger partial charge in [0, 0.05) is 19.0 Å². The van der Waals surface area contributed by atoms with Gasteiger partial charge < -0.3 is 5.32 Å². The Morgan fingerprint density at radius 3 is 2.89 bits per heavy atom. The van der Waals surface area contributed by atoms with Gasteiger partial charge in [-0.25, -0.2) is 4.39 Å². The van der Waals surface area contributed by atoms with Crippen molar-refractivity contribution < 1.29 is 4.39 Å². The highest BCUT2D eigenvalue weighted by atomic mass is 19.1. The molecule has 1 aliphatic heterocycles. The first-order valence-corrected chi connectivity index (χ1v) is 3.24. The smallest absolute Gasteiger partial charge is 0.126 e. The lowest BCUT2D eigenvalue weighted by atomic mass is 9.96. The fourth-order valence-electron chi connectivity index (χ4n) is 1.06. The van der Waals surface area contributed by atoms with Crippen LogP contribution in [0.1, 0.15) is 6.92 Å². The van der Waals surface area contributed by atoms with Crippen molar-refractivity contribution in [1.82, 2.24) is 5.32 Å². The van der Waals surface area contributed by atoms with E-state index in [1.807, 2.05) is 6.92 Å². The molecular formula is C7H12FN. The van der Waals surface area contributed by atoms with E-state index in [4.69, 9.17) is 0 Å². The Morgan fingerprint density at radius 1 is 1.78 bits per heavy atom. The van der Waals surface area contributed by atoms with Crippen molar-refractivity contribution in [2.24, 2.45) is 5.92 Å². The van der Waals surface area contributed by atoms with Gasteiger partial charge in [0.15, 0.2) is 0 Å². The van der Waals surface area contributed by atoms with Crippen LogP contribution in [-0.2, 0) is 0 Å². The van der Waals surface area contributed by atoms with E-state index in [1.54, 1.807) is 0 Å². The molecular weight excluding hydrogens is 117 g/mol. The number of hydrogen-bond acceptors (Lipinski definition) is 1. The molecule has 1 nitrogen and oxygen atoms in total. The maximum atomic E-state index is 12.8. The minimum absolute atomic E-state index is 0.103. The Labute approximate surface area is 54.9 Å². The Kier molecular flexibility index (Phi) is 1.86. The third-order valence-corrected chi connectivity index (χ3v) is 1.71. The van der Waals surface area contributed by atoms with E-state index in [9.17, 15) is 4.39 Å². The molecule has 1 aliphatic rings. The molecule has 0 aliphatic carbocycles. The molecule has 1 saturated heterocycles. The molecule has 0 bridgehead atoms. The molecule has 0 amide bonds. The summed E-state index contributed by atoms with van der Waals surface area (Å²) in [6.07, 6.45) is -0.786. The first-order chi connectivity index (χ1) is 4.22. The summed E-state index contributed by atoms with van der Waals surface area (Å²) in [7, 11) is 0. The second-order valence-electron chi connectivity index (χ2n) is 2.67. The zero-order chi connectivity index (χ0) is 6.85. The molecule has 1 heterocycles. The van der Waals surface area contributed by atoms with Crippen LogP contribution in [0.3, 0.4) is 0 Å². The normalized spacial score (nSPS) is 36.9. The largest absolute Gasteiger partial charge is 0.313 e. The zero-order valence-electron chi connectivity index (χ0n) is 5.65. The van der Waals surface area contributed by atoms with Crippen LogP contribution in [0, 0.1) is 5.92 Å². The minimum Gasteiger partial charge on any atom is -0.313 e. The number of halogens is 1. The van der Waals surface area contributed by atoms with Crippen LogP contribution in [0.2, 0.25) is 0 Å². The third-order valence-electron chi connectivity index (χ3n) is 1.71. The molecule has 0 aromatic rings. The lowest BCUT2D eigenvalue weighted by Gasteiger charge is -2.25. The highest BCUT2D eigenvalue weighted by Crippen LogP contribution is 2.17. The maximum Gasteiger partial charge on any atom is 0.126 e. The lowest BCUT2D eigenvalue weighted by Crippen LogP contribution is -2.37. The van der Waals surface area contributed by atoms with Crippen molar-refractivity contribution in [2.75, 3.05) is 13.1 Å². The van der Waals surface area contributed by atoms with Crippen LogP contribution in [0.25, 0.3) is 0 Å². The lowest BCUT2D eigenvalue weighted by molar-refractivity contribution is 0.249. The predicted molar refractivity (Wildman–Crippen MR) is 36.1 cm³/mol. The summed E-state index contributed by atoms with van der Waals surface area (Å²) in [6, 6.07) is 0. The molecule has 1 rings (SSSR count). The van der Waals surface area contributed by atoms with Gasteiger partial charge in [-0.2, -0.15) is 0 Å². The monoisotopic (exact) mass is 129 g/mol. The van der Waals surface area contributed by atoms with Crippen molar-refractivity contribution in [3.05, 3.63) is 12.2 Å². The highest BCUT2D eigenvalue weighted by molar-refractivity contribution is 5.09. The van der Waals surface area contributed by atoms with Crippen LogP contribution in [0.5, 0.6) is 0 Å². The van der Waals surface area contributed by atoms with Gasteiger partial charge in [-0.1, -0.05) is 13.5 Å². The molecule has 1 N–H and O–H groups in total. The molecule has 9 heavy (non-hydrogen) atoms. The summed E-state index contributed by atoms with van der Waals surface area (Å²) in [4.78, 5) is 0. The maximum absolute atomic E-state index is 12.8. The molecule has 0 radical (unpaired) electrons. The van der Waals surface area contributed by atoms with Crippen LogP contribution < -0.4 is 5.32 Å². The topological polar surface area (TPSA) is 12.0 Å². The Balaban J connectivity index is 2.51. The molecule has 0 aromatic carbocycles. The van der Waals surface area contributed by atoms with E-state index >= 15 is 0 Å². The van der Waals surface area contributed by atoms with Crippen LogP contribution in [-0.4, -0.2) is 19.3 Å². The first-order valence-electron chi connectivity index (χ1n) is 3.24. The van der Waals surface area contributed by atoms with Gasteiger partial charge in [-0.15, -0.1) is 0 Å². The van der Waals surface area contributed by atoms with E-state index in [-0.39, 0.29) is 5.92 Å². The summed E-state index contributed by atoms with van der Waals surface area (Å²) in [5.74, 6) is 0.103. The van der Waals surface area contributed by atoms with Crippen molar-refractivity contribution in [2.45, 2.75) is 13.1 Å². The Hall–Kier alpha value is -0.370. The van der Waals surface area contributed by atoms with Gasteiger partial charge in [0.1, 0.15) is 6.17 Å². The van der Waals surface area contributed by atoms with Crippen molar-refractivity contribution in [3.8, 4) is 0 Å². The molecule has 0 saturated carbocycles. The predicted octanol–water partition coefficient (Wildman–Crippen LogP) is 1.12. The highest BCUT2D eigenvalue weighted by Gasteiger charge is 2.22. The van der Waals surface area contributed by atoms with E-state index in [0.29, 0.717) is 12.1 Å². The molecule has 0 spiro atoms. The number of rotatable bonds is 0. The third kappa shape index (κ3) is 1.30. The summed E-state index contributed by atoms with van der Waals surface area (Å²) < 4.78 is 12.8. The number of nitrogens with one attached hydrogen (secondary N) is 1. The SMILES string of the molecule is C=C1CNCC(C)C1F. The van der Waals surface area contributed by atoms with Crippen molar-refractivity contribution in [3.63, 3.8) is 0 Å². The van der Waals surface area contributed by atoms with E-state index in [2.05, 4.69) is 11.9 Å². The first kappa shape index (κ1) is 6.75. The van der Waals surface area contributed by atoms with E-state index in [1.165, 1.54) is 0 Å². The quantitative estimate of drug-likeness (QED) is 0.483. The molecule has 1 fully saturated rings. The summed E-state index contributed by atoms with van der Waals surface area (Å²) in [5.41, 5.74) is 0.689. The summed E-state index contributed by atoms with van der Waals surface area (Å²) >= 11 is 0. The van der Waals surface area contributed by atoms with Gasteiger partial charge >= 0.3 is 0 Å². The molecule has 2 heteroatoms. The van der Waals surface area contributed by atoms with Crippen molar-refractivity contribution >= 4 is 0 Å². The summed E-state index contributed by atoms with van der Waals surface area (Å²) in [6.45, 7) is 6.92. The fourth-order valence-corrected chi connectivity index (χ4v) is 1.06. The number of hydrogen-bond donors (Lipinski definition) is 1. The second-order valence-corrected chi connectivity index (χ2v) is 2.67. The minimum atomic E-state index is -0.786. The van der Waals surface area contributed by atoms with Crippen LogP contribution in [0.4, 0.5) is 4.39 Å². The van der Waals surface area contributed by atoms with Gasteiger partial charge in [-0.3, -0.25) is 0 Å². The van der Waals surface area contributed by atoms with E-state index < -0.39 is 6.17 Å². The standard InChI is InChI=1S/C7H12FN/c1-5-3-9-4-6(2)7(5)8/h6-7,9H,1,3-4H2,2H3. The molecule has 2 atom stereocenters. The second kappa shape index (κ2) is 2.48. The molecule has 52 valence electrons. The van der Waals surface area contributed by atoms with Crippen LogP contribution in [0.15, 0.2) is 12.2 Å². The Bertz CT molecular complexity index is 122. The van der Waals surface area contributed by atoms with Crippen molar-refractivity contribution in [1.29, 1.82) is 0 Å².